The van der Waals surface area contributed by atoms with Crippen molar-refractivity contribution in [3.05, 3.63) is 267 Å². The summed E-state index contributed by atoms with van der Waals surface area (Å²) in [5.41, 5.74) is 26.8. The van der Waals surface area contributed by atoms with Gasteiger partial charge in [-0.3, -0.25) is 0 Å². The lowest BCUT2D eigenvalue weighted by atomic mass is 9.88. The fourth-order valence-electron chi connectivity index (χ4n) is 13.9. The molecule has 0 unspecified atom stereocenters. The Hall–Kier alpha value is -10.9. The number of pyridine rings is 2. The van der Waals surface area contributed by atoms with Gasteiger partial charge in [-0.25, -0.2) is 19.9 Å². The standard InChI is InChI=1S/C78H44N4/c1-3-17-53-51(15-1)57-24-13-23-56-50(39-41-60(53)74(56)57)49-43-66(55-40-42-61-54-18-4-2-16-52(54)58-25-14-26-59(55)75(58)61)77-67(44-49)76(47-35-31-45(32-36-47)72-62-19-5-9-27-68(62)79-69-28-10-6-20-63(69)72)81-78(82-77)48-37-33-46(34-38-48)73-64-21-7-11-29-70(64)80-71-30-12-8-22-65(71)73/h1-44H. The van der Waals surface area contributed by atoms with Gasteiger partial charge in [-0.2, -0.15) is 0 Å². The van der Waals surface area contributed by atoms with Gasteiger partial charge in [0.1, 0.15) is 0 Å². The van der Waals surface area contributed by atoms with Crippen molar-refractivity contribution in [1.29, 1.82) is 0 Å². The Morgan fingerprint density at radius 1 is 0.195 bits per heavy atom. The summed E-state index contributed by atoms with van der Waals surface area (Å²) in [6.07, 6.45) is 0. The van der Waals surface area contributed by atoms with E-state index in [0.29, 0.717) is 5.82 Å². The van der Waals surface area contributed by atoms with E-state index < -0.39 is 0 Å². The highest BCUT2D eigenvalue weighted by Crippen LogP contribution is 2.53. The molecule has 0 spiro atoms. The van der Waals surface area contributed by atoms with Crippen LogP contribution in [0.1, 0.15) is 0 Å². The molecule has 4 nitrogen and oxygen atoms in total. The molecule has 3 aromatic heterocycles. The van der Waals surface area contributed by atoms with E-state index in [0.717, 1.165) is 99.2 Å². The van der Waals surface area contributed by atoms with Crippen LogP contribution in [0.15, 0.2) is 267 Å². The van der Waals surface area contributed by atoms with E-state index in [-0.39, 0.29) is 0 Å². The molecule has 0 amide bonds. The van der Waals surface area contributed by atoms with Gasteiger partial charge in [0.05, 0.1) is 33.3 Å². The van der Waals surface area contributed by atoms with E-state index in [2.05, 4.69) is 267 Å². The molecule has 0 saturated carbocycles. The van der Waals surface area contributed by atoms with Crippen LogP contribution in [0.4, 0.5) is 0 Å². The smallest absolute Gasteiger partial charge is 0.160 e. The maximum atomic E-state index is 5.78. The van der Waals surface area contributed by atoms with Crippen molar-refractivity contribution in [2.24, 2.45) is 0 Å². The third-order valence-corrected chi connectivity index (χ3v) is 17.6. The Morgan fingerprint density at radius 2 is 0.561 bits per heavy atom. The third-order valence-electron chi connectivity index (χ3n) is 17.6. The maximum Gasteiger partial charge on any atom is 0.160 e. The highest BCUT2D eigenvalue weighted by atomic mass is 14.9. The van der Waals surface area contributed by atoms with Gasteiger partial charge in [-0.15, -0.1) is 0 Å². The first-order valence-corrected chi connectivity index (χ1v) is 28.1. The molecule has 376 valence electrons. The van der Waals surface area contributed by atoms with E-state index >= 15 is 0 Å². The molecular formula is C78H44N4. The van der Waals surface area contributed by atoms with Gasteiger partial charge in [0.25, 0.3) is 0 Å². The van der Waals surface area contributed by atoms with E-state index in [4.69, 9.17) is 19.9 Å². The number of para-hydroxylation sites is 4. The summed E-state index contributed by atoms with van der Waals surface area (Å²) in [7, 11) is 0. The lowest BCUT2D eigenvalue weighted by Gasteiger charge is -2.18. The highest BCUT2D eigenvalue weighted by molar-refractivity contribution is 6.22. The lowest BCUT2D eigenvalue weighted by Crippen LogP contribution is -1.99. The minimum atomic E-state index is 0.657. The van der Waals surface area contributed by atoms with Gasteiger partial charge in [0.15, 0.2) is 5.82 Å². The SMILES string of the molecule is c1ccc2c(c1)-c1cccc3c(-c4cc(-c5ccc6c7c(cccc57)-c5ccccc5-6)c5nc(-c6ccc(-c7c8ccccc8nc8ccccc78)cc6)nc(-c6ccc(-c7c8ccccc8nc8ccccc78)cc6)c5c4)ccc-2c13. The predicted octanol–water partition coefficient (Wildman–Crippen LogP) is 20.6. The third kappa shape index (κ3) is 6.55. The van der Waals surface area contributed by atoms with Crippen molar-refractivity contribution in [1.82, 2.24) is 19.9 Å². The summed E-state index contributed by atoms with van der Waals surface area (Å²) in [5, 5.41) is 10.4. The second-order valence-corrected chi connectivity index (χ2v) is 21.9. The van der Waals surface area contributed by atoms with Crippen LogP contribution in [0.25, 0.3) is 188 Å². The molecule has 0 aliphatic heterocycles. The average molecular weight is 1040 g/mol. The molecule has 2 aliphatic rings. The van der Waals surface area contributed by atoms with Crippen molar-refractivity contribution < 1.29 is 0 Å². The van der Waals surface area contributed by atoms with Gasteiger partial charge in [0.2, 0.25) is 0 Å². The Balaban J connectivity index is 0.909. The molecule has 4 heteroatoms. The molecule has 0 bridgehead atoms. The van der Waals surface area contributed by atoms with Crippen molar-refractivity contribution in [3.8, 4) is 112 Å². The fraction of sp³-hybridized carbons (Fsp3) is 0. The number of hydrogen-bond donors (Lipinski definition) is 0. The molecule has 0 atom stereocenters. The number of aromatic nitrogens is 4. The van der Waals surface area contributed by atoms with Crippen LogP contribution >= 0.6 is 0 Å². The second kappa shape index (κ2) is 17.3. The predicted molar refractivity (Wildman–Crippen MR) is 342 cm³/mol. The Labute approximate surface area is 472 Å². The Morgan fingerprint density at radius 3 is 1.05 bits per heavy atom. The van der Waals surface area contributed by atoms with Crippen LogP contribution in [0, 0.1) is 0 Å². The summed E-state index contributed by atoms with van der Waals surface area (Å²) in [6, 6.07) is 97.1. The molecule has 0 saturated heterocycles. The normalized spacial score (nSPS) is 12.1. The zero-order valence-corrected chi connectivity index (χ0v) is 44.2. The van der Waals surface area contributed by atoms with Crippen LogP contribution in [-0.2, 0) is 0 Å². The molecule has 13 aromatic carbocycles. The van der Waals surface area contributed by atoms with Crippen LogP contribution in [0.3, 0.4) is 0 Å². The van der Waals surface area contributed by atoms with Gasteiger partial charge in [0, 0.05) is 54.7 Å². The largest absolute Gasteiger partial charge is 0.248 e. The van der Waals surface area contributed by atoms with Gasteiger partial charge in [-0.05, 0) is 130 Å². The summed E-state index contributed by atoms with van der Waals surface area (Å²) in [5.74, 6) is 0.657. The number of fused-ring (bicyclic) bond motifs is 11. The molecule has 0 N–H and O–H groups in total. The molecule has 0 fully saturated rings. The van der Waals surface area contributed by atoms with Crippen LogP contribution in [0.5, 0.6) is 0 Å². The van der Waals surface area contributed by atoms with Crippen LogP contribution in [-0.4, -0.2) is 19.9 Å². The van der Waals surface area contributed by atoms with E-state index in [1.165, 1.54) is 82.7 Å². The molecule has 18 rings (SSSR count). The summed E-state index contributed by atoms with van der Waals surface area (Å²) in [4.78, 5) is 21.7. The average Bonchev–Trinajstić information content (AvgIpc) is 2.58. The fourth-order valence-corrected chi connectivity index (χ4v) is 13.9. The van der Waals surface area contributed by atoms with E-state index in [1.54, 1.807) is 0 Å². The van der Waals surface area contributed by atoms with Gasteiger partial charge >= 0.3 is 0 Å². The first-order valence-electron chi connectivity index (χ1n) is 28.1. The quantitative estimate of drug-likeness (QED) is 0.156. The number of hydrogen-bond acceptors (Lipinski definition) is 4. The first kappa shape index (κ1) is 45.0. The van der Waals surface area contributed by atoms with E-state index in [9.17, 15) is 0 Å². The molecule has 16 aromatic rings. The van der Waals surface area contributed by atoms with E-state index in [1.807, 2.05) is 0 Å². The molecule has 2 aliphatic carbocycles. The summed E-state index contributed by atoms with van der Waals surface area (Å²) >= 11 is 0. The topological polar surface area (TPSA) is 51.6 Å². The minimum Gasteiger partial charge on any atom is -0.248 e. The number of rotatable bonds is 6. The van der Waals surface area contributed by atoms with Crippen molar-refractivity contribution in [2.75, 3.05) is 0 Å². The second-order valence-electron chi connectivity index (χ2n) is 21.9. The van der Waals surface area contributed by atoms with Crippen molar-refractivity contribution >= 4 is 76.1 Å². The monoisotopic (exact) mass is 1040 g/mol. The van der Waals surface area contributed by atoms with Crippen molar-refractivity contribution in [2.45, 2.75) is 0 Å². The molecular weight excluding hydrogens is 993 g/mol. The minimum absolute atomic E-state index is 0.657. The van der Waals surface area contributed by atoms with Crippen LogP contribution < -0.4 is 0 Å². The highest BCUT2D eigenvalue weighted by Gasteiger charge is 2.27. The molecule has 0 radical (unpaired) electrons. The molecule has 82 heavy (non-hydrogen) atoms. The Kier molecular flexibility index (Phi) is 9.48. The molecule has 3 heterocycles. The number of benzene rings is 13. The maximum absolute atomic E-state index is 5.78. The zero-order chi connectivity index (χ0) is 53.6. The summed E-state index contributed by atoms with van der Waals surface area (Å²) in [6.45, 7) is 0. The zero-order valence-electron chi connectivity index (χ0n) is 44.2. The summed E-state index contributed by atoms with van der Waals surface area (Å²) < 4.78 is 0. The van der Waals surface area contributed by atoms with Gasteiger partial charge in [-0.1, -0.05) is 231 Å². The van der Waals surface area contributed by atoms with Gasteiger partial charge < -0.3 is 0 Å². The Bertz CT molecular complexity index is 5280. The number of nitrogens with zero attached hydrogens (tertiary/aromatic N) is 4. The lowest BCUT2D eigenvalue weighted by molar-refractivity contribution is 1.23. The van der Waals surface area contributed by atoms with Crippen LogP contribution in [0.2, 0.25) is 0 Å². The first-order chi connectivity index (χ1) is 40.7. The van der Waals surface area contributed by atoms with Crippen molar-refractivity contribution in [3.63, 3.8) is 0 Å².